The first-order valence-electron chi connectivity index (χ1n) is 5.03. The summed E-state index contributed by atoms with van der Waals surface area (Å²) in [5.74, 6) is -1.47. The second kappa shape index (κ2) is 5.24. The lowest BCUT2D eigenvalue weighted by atomic mass is 10.1. The van der Waals surface area contributed by atoms with Crippen molar-refractivity contribution in [1.82, 2.24) is 5.32 Å². The molecule has 1 aromatic heterocycles. The number of hydrogen-bond acceptors (Lipinski definition) is 5. The molecule has 1 amide bonds. The van der Waals surface area contributed by atoms with Crippen molar-refractivity contribution in [2.24, 2.45) is 0 Å². The summed E-state index contributed by atoms with van der Waals surface area (Å²) in [6.07, 6.45) is 0.305. The summed E-state index contributed by atoms with van der Waals surface area (Å²) in [7, 11) is 0. The molecule has 1 rings (SSSR count). The van der Waals surface area contributed by atoms with E-state index in [9.17, 15) is 19.7 Å². The average molecular weight is 240 g/mol. The van der Waals surface area contributed by atoms with E-state index in [1.807, 2.05) is 0 Å². The van der Waals surface area contributed by atoms with Gasteiger partial charge in [-0.2, -0.15) is 0 Å². The highest BCUT2D eigenvalue weighted by Crippen LogP contribution is 2.15. The van der Waals surface area contributed by atoms with E-state index in [1.54, 1.807) is 13.8 Å². The van der Waals surface area contributed by atoms with Gasteiger partial charge in [0.25, 0.3) is 5.91 Å². The molecule has 0 radical (unpaired) electrons. The number of nitro groups is 1. The molecule has 7 heteroatoms. The number of Topliss-reactive ketones (excluding diaryl/α,β-unsaturated/α-hetero) is 1. The van der Waals surface area contributed by atoms with E-state index in [2.05, 4.69) is 5.32 Å². The lowest BCUT2D eigenvalue weighted by molar-refractivity contribution is -0.402. The molecule has 0 aliphatic heterocycles. The standard InChI is InChI=1S/C10H12N2O5/c1-3-7(13)6(2)11-10(14)8-4-5-9(17-8)12(15)16/h4-6H,3H2,1-2H3,(H,11,14). The molecule has 0 aromatic carbocycles. The summed E-state index contributed by atoms with van der Waals surface area (Å²) >= 11 is 0. The first-order chi connectivity index (χ1) is 7.95. The van der Waals surface area contributed by atoms with Gasteiger partial charge in [-0.1, -0.05) is 6.92 Å². The molecule has 1 aromatic rings. The molecular weight excluding hydrogens is 228 g/mol. The van der Waals surface area contributed by atoms with Gasteiger partial charge in [-0.3, -0.25) is 19.7 Å². The van der Waals surface area contributed by atoms with Crippen LogP contribution in [0.1, 0.15) is 30.8 Å². The number of furan rings is 1. The third-order valence-electron chi connectivity index (χ3n) is 2.17. The van der Waals surface area contributed by atoms with Gasteiger partial charge in [-0.05, 0) is 13.0 Å². The van der Waals surface area contributed by atoms with Gasteiger partial charge in [0.15, 0.2) is 11.5 Å². The lowest BCUT2D eigenvalue weighted by Gasteiger charge is -2.09. The van der Waals surface area contributed by atoms with Gasteiger partial charge in [-0.15, -0.1) is 0 Å². The summed E-state index contributed by atoms with van der Waals surface area (Å²) in [6.45, 7) is 3.23. The van der Waals surface area contributed by atoms with Crippen LogP contribution in [0.5, 0.6) is 0 Å². The van der Waals surface area contributed by atoms with E-state index in [-0.39, 0.29) is 11.5 Å². The second-order valence-corrected chi connectivity index (χ2v) is 3.41. The molecule has 0 aliphatic rings. The van der Waals surface area contributed by atoms with Gasteiger partial charge in [0.05, 0.1) is 12.1 Å². The second-order valence-electron chi connectivity index (χ2n) is 3.41. The maximum Gasteiger partial charge on any atom is 0.433 e. The maximum absolute atomic E-state index is 11.5. The third-order valence-corrected chi connectivity index (χ3v) is 2.17. The van der Waals surface area contributed by atoms with Crippen molar-refractivity contribution in [3.05, 3.63) is 28.0 Å². The van der Waals surface area contributed by atoms with Gasteiger partial charge >= 0.3 is 5.88 Å². The minimum Gasteiger partial charge on any atom is -0.395 e. The van der Waals surface area contributed by atoms with Gasteiger partial charge < -0.3 is 9.73 Å². The number of carbonyl (C=O) groups is 2. The summed E-state index contributed by atoms with van der Waals surface area (Å²) in [5, 5.41) is 12.7. The van der Waals surface area contributed by atoms with Crippen LogP contribution in [-0.4, -0.2) is 22.7 Å². The minimum absolute atomic E-state index is 0.126. The van der Waals surface area contributed by atoms with Crippen molar-refractivity contribution < 1.29 is 18.9 Å². The van der Waals surface area contributed by atoms with Crippen molar-refractivity contribution in [3.63, 3.8) is 0 Å². The van der Waals surface area contributed by atoms with Gasteiger partial charge in [0.2, 0.25) is 0 Å². The van der Waals surface area contributed by atoms with Crippen LogP contribution in [0.3, 0.4) is 0 Å². The number of carbonyl (C=O) groups excluding carboxylic acids is 2. The Balaban J connectivity index is 2.70. The summed E-state index contributed by atoms with van der Waals surface area (Å²) in [6, 6.07) is 1.63. The fraction of sp³-hybridized carbons (Fsp3) is 0.400. The number of nitrogens with one attached hydrogen (secondary N) is 1. The SMILES string of the molecule is CCC(=O)C(C)NC(=O)c1ccc([N+](=O)[O-])o1. The number of rotatable bonds is 5. The highest BCUT2D eigenvalue weighted by Gasteiger charge is 2.20. The van der Waals surface area contributed by atoms with E-state index < -0.39 is 22.8 Å². The fourth-order valence-corrected chi connectivity index (χ4v) is 1.20. The van der Waals surface area contributed by atoms with E-state index in [4.69, 9.17) is 4.42 Å². The molecule has 1 unspecified atom stereocenters. The van der Waals surface area contributed by atoms with Crippen LogP contribution in [0.2, 0.25) is 0 Å². The normalized spacial score (nSPS) is 11.9. The topological polar surface area (TPSA) is 102 Å². The molecule has 1 heterocycles. The first-order valence-corrected chi connectivity index (χ1v) is 5.03. The molecule has 0 saturated carbocycles. The van der Waals surface area contributed by atoms with Crippen LogP contribution < -0.4 is 5.32 Å². The van der Waals surface area contributed by atoms with Gasteiger partial charge in [-0.25, -0.2) is 0 Å². The molecule has 7 nitrogen and oxygen atoms in total. The zero-order valence-corrected chi connectivity index (χ0v) is 9.43. The summed E-state index contributed by atoms with van der Waals surface area (Å²) in [4.78, 5) is 32.4. The number of amides is 1. The minimum atomic E-state index is -0.739. The Morgan fingerprint density at radius 1 is 1.53 bits per heavy atom. The highest BCUT2D eigenvalue weighted by atomic mass is 16.6. The van der Waals surface area contributed by atoms with E-state index in [0.29, 0.717) is 6.42 Å². The summed E-state index contributed by atoms with van der Waals surface area (Å²) in [5.41, 5.74) is 0. The van der Waals surface area contributed by atoms with Crippen LogP contribution in [0.15, 0.2) is 16.5 Å². The van der Waals surface area contributed by atoms with Crippen LogP contribution in [0.4, 0.5) is 5.88 Å². The Bertz CT molecular complexity index is 451. The molecule has 17 heavy (non-hydrogen) atoms. The van der Waals surface area contributed by atoms with Crippen molar-refractivity contribution >= 4 is 17.6 Å². The van der Waals surface area contributed by atoms with Gasteiger partial charge in [0.1, 0.15) is 4.92 Å². The molecular formula is C10H12N2O5. The van der Waals surface area contributed by atoms with E-state index in [0.717, 1.165) is 6.07 Å². The fourth-order valence-electron chi connectivity index (χ4n) is 1.20. The smallest absolute Gasteiger partial charge is 0.395 e. The van der Waals surface area contributed by atoms with Crippen molar-refractivity contribution in [1.29, 1.82) is 0 Å². The van der Waals surface area contributed by atoms with Crippen molar-refractivity contribution in [2.75, 3.05) is 0 Å². The number of ketones is 1. The largest absolute Gasteiger partial charge is 0.433 e. The Morgan fingerprint density at radius 3 is 2.65 bits per heavy atom. The average Bonchev–Trinajstić information content (AvgIpc) is 2.77. The zero-order chi connectivity index (χ0) is 13.0. The lowest BCUT2D eigenvalue weighted by Crippen LogP contribution is -2.38. The Kier molecular flexibility index (Phi) is 3.97. The molecule has 92 valence electrons. The highest BCUT2D eigenvalue weighted by molar-refractivity contribution is 5.95. The van der Waals surface area contributed by atoms with Crippen molar-refractivity contribution in [3.8, 4) is 0 Å². The molecule has 0 saturated heterocycles. The number of hydrogen-bond donors (Lipinski definition) is 1. The van der Waals surface area contributed by atoms with E-state index >= 15 is 0 Å². The number of nitrogens with zero attached hydrogens (tertiary/aromatic N) is 1. The quantitative estimate of drug-likeness (QED) is 0.617. The van der Waals surface area contributed by atoms with Crippen molar-refractivity contribution in [2.45, 2.75) is 26.3 Å². The maximum atomic E-state index is 11.5. The Morgan fingerprint density at radius 2 is 2.18 bits per heavy atom. The molecule has 0 aliphatic carbocycles. The Labute approximate surface area is 96.9 Å². The predicted molar refractivity (Wildman–Crippen MR) is 57.6 cm³/mol. The van der Waals surface area contributed by atoms with Crippen LogP contribution in [-0.2, 0) is 4.79 Å². The van der Waals surface area contributed by atoms with Crippen LogP contribution >= 0.6 is 0 Å². The van der Waals surface area contributed by atoms with Gasteiger partial charge in [0, 0.05) is 6.42 Å². The molecule has 1 N–H and O–H groups in total. The molecule has 1 atom stereocenters. The summed E-state index contributed by atoms with van der Waals surface area (Å²) < 4.78 is 4.70. The molecule has 0 fully saturated rings. The van der Waals surface area contributed by atoms with Crippen LogP contribution in [0.25, 0.3) is 0 Å². The first kappa shape index (κ1) is 12.9. The zero-order valence-electron chi connectivity index (χ0n) is 9.43. The molecule has 0 bridgehead atoms. The van der Waals surface area contributed by atoms with E-state index in [1.165, 1.54) is 6.07 Å². The predicted octanol–water partition coefficient (Wildman–Crippen LogP) is 1.29. The monoisotopic (exact) mass is 240 g/mol. The Hall–Kier alpha value is -2.18. The third kappa shape index (κ3) is 3.13. The van der Waals surface area contributed by atoms with Crippen LogP contribution in [0, 0.1) is 10.1 Å². The molecule has 0 spiro atoms.